The van der Waals surface area contributed by atoms with Gasteiger partial charge in [0.1, 0.15) is 5.82 Å². The Labute approximate surface area is 134 Å². The molecule has 3 N–H and O–H groups in total. The number of hydrogen-bond donors (Lipinski definition) is 3. The second-order valence-electron chi connectivity index (χ2n) is 5.80. The van der Waals surface area contributed by atoms with E-state index in [9.17, 15) is 9.90 Å². The fraction of sp³-hybridized carbons (Fsp3) is 0.412. The molecule has 0 saturated heterocycles. The summed E-state index contributed by atoms with van der Waals surface area (Å²) >= 11 is 0. The van der Waals surface area contributed by atoms with Crippen molar-refractivity contribution in [3.05, 3.63) is 35.4 Å². The SMILES string of the molecule is CCCCc1ncc([C@@H]2CC(=O)Nc3cc(O)c(OC)cc32)[nH]1. The Kier molecular flexibility index (Phi) is 4.23. The van der Waals surface area contributed by atoms with Gasteiger partial charge in [-0.2, -0.15) is 0 Å². The van der Waals surface area contributed by atoms with Crippen LogP contribution in [0.3, 0.4) is 0 Å². The van der Waals surface area contributed by atoms with Gasteiger partial charge < -0.3 is 20.1 Å². The molecule has 3 rings (SSSR count). The molecular formula is C17H21N3O3. The third-order valence-corrected chi connectivity index (χ3v) is 4.18. The predicted octanol–water partition coefficient (Wildman–Crippen LogP) is 2.94. The predicted molar refractivity (Wildman–Crippen MR) is 86.9 cm³/mol. The molecule has 0 bridgehead atoms. The summed E-state index contributed by atoms with van der Waals surface area (Å²) in [4.78, 5) is 19.8. The maximum atomic E-state index is 12.0. The van der Waals surface area contributed by atoms with Gasteiger partial charge in [-0.25, -0.2) is 4.98 Å². The van der Waals surface area contributed by atoms with Crippen LogP contribution in [-0.4, -0.2) is 28.1 Å². The lowest BCUT2D eigenvalue weighted by Gasteiger charge is -2.25. The van der Waals surface area contributed by atoms with Crippen LogP contribution < -0.4 is 10.1 Å². The lowest BCUT2D eigenvalue weighted by Crippen LogP contribution is -2.23. The zero-order chi connectivity index (χ0) is 16.4. The van der Waals surface area contributed by atoms with Gasteiger partial charge in [0.15, 0.2) is 11.5 Å². The third kappa shape index (κ3) is 3.02. The number of rotatable bonds is 5. The largest absolute Gasteiger partial charge is 0.504 e. The molecule has 0 spiro atoms. The molecule has 23 heavy (non-hydrogen) atoms. The molecule has 1 aliphatic heterocycles. The van der Waals surface area contributed by atoms with Crippen LogP contribution in [0.25, 0.3) is 0 Å². The standard InChI is InChI=1S/C17H21N3O3/c1-3-4-5-16-18-9-13(19-16)11-7-17(22)20-12-8-14(21)15(23-2)6-10(11)12/h6,8-9,11,21H,3-5,7H2,1-2H3,(H,18,19)(H,20,22)/t11-/m1/s1. The van der Waals surface area contributed by atoms with Gasteiger partial charge in [-0.1, -0.05) is 13.3 Å². The number of phenols is 1. The monoisotopic (exact) mass is 315 g/mol. The second-order valence-corrected chi connectivity index (χ2v) is 5.80. The molecule has 1 aromatic heterocycles. The minimum absolute atomic E-state index is 0.0143. The zero-order valence-electron chi connectivity index (χ0n) is 13.3. The van der Waals surface area contributed by atoms with E-state index in [1.165, 1.54) is 13.2 Å². The van der Waals surface area contributed by atoms with Gasteiger partial charge in [-0.05, 0) is 18.1 Å². The van der Waals surface area contributed by atoms with Gasteiger partial charge in [0.05, 0.1) is 7.11 Å². The van der Waals surface area contributed by atoms with E-state index in [4.69, 9.17) is 4.74 Å². The van der Waals surface area contributed by atoms with Crippen LogP contribution in [0.1, 0.15) is 49.2 Å². The average molecular weight is 315 g/mol. The van der Waals surface area contributed by atoms with Crippen molar-refractivity contribution in [2.75, 3.05) is 12.4 Å². The topological polar surface area (TPSA) is 87.2 Å². The fourth-order valence-corrected chi connectivity index (χ4v) is 2.95. The van der Waals surface area contributed by atoms with Crippen molar-refractivity contribution in [1.82, 2.24) is 9.97 Å². The minimum atomic E-state index is -0.115. The summed E-state index contributed by atoms with van der Waals surface area (Å²) < 4.78 is 5.19. The molecule has 1 aromatic carbocycles. The zero-order valence-corrected chi connectivity index (χ0v) is 13.3. The molecule has 6 nitrogen and oxygen atoms in total. The Bertz CT molecular complexity index is 724. The molecule has 1 amide bonds. The molecule has 0 saturated carbocycles. The summed E-state index contributed by atoms with van der Waals surface area (Å²) in [5.74, 6) is 1.17. The van der Waals surface area contributed by atoms with E-state index in [1.807, 2.05) is 0 Å². The Hall–Kier alpha value is -2.50. The summed E-state index contributed by atoms with van der Waals surface area (Å²) in [5, 5.41) is 12.7. The molecule has 1 atom stereocenters. The number of H-pyrrole nitrogens is 1. The van der Waals surface area contributed by atoms with E-state index >= 15 is 0 Å². The van der Waals surface area contributed by atoms with E-state index in [0.717, 1.165) is 36.3 Å². The number of carbonyl (C=O) groups excluding carboxylic acids is 1. The lowest BCUT2D eigenvalue weighted by molar-refractivity contribution is -0.116. The molecular weight excluding hydrogens is 294 g/mol. The number of fused-ring (bicyclic) bond motifs is 1. The Balaban J connectivity index is 1.97. The van der Waals surface area contributed by atoms with E-state index in [1.54, 1.807) is 12.3 Å². The normalized spacial score (nSPS) is 16.8. The Morgan fingerprint density at radius 2 is 2.26 bits per heavy atom. The molecule has 0 aliphatic carbocycles. The maximum Gasteiger partial charge on any atom is 0.225 e. The first kappa shape index (κ1) is 15.4. The molecule has 0 fully saturated rings. The number of aromatic amines is 1. The van der Waals surface area contributed by atoms with Crippen LogP contribution in [0.4, 0.5) is 5.69 Å². The fourth-order valence-electron chi connectivity index (χ4n) is 2.95. The van der Waals surface area contributed by atoms with Gasteiger partial charge >= 0.3 is 0 Å². The van der Waals surface area contributed by atoms with Crippen LogP contribution in [0, 0.1) is 0 Å². The summed E-state index contributed by atoms with van der Waals surface area (Å²) in [5.41, 5.74) is 2.46. The number of nitrogens with zero attached hydrogens (tertiary/aromatic N) is 1. The highest BCUT2D eigenvalue weighted by molar-refractivity contribution is 5.95. The lowest BCUT2D eigenvalue weighted by atomic mass is 9.88. The maximum absolute atomic E-state index is 12.0. The highest BCUT2D eigenvalue weighted by Crippen LogP contribution is 2.42. The highest BCUT2D eigenvalue weighted by atomic mass is 16.5. The van der Waals surface area contributed by atoms with Crippen molar-refractivity contribution in [2.45, 2.75) is 38.5 Å². The van der Waals surface area contributed by atoms with E-state index in [2.05, 4.69) is 22.2 Å². The van der Waals surface area contributed by atoms with Crippen LogP contribution in [0.15, 0.2) is 18.3 Å². The number of aromatic hydroxyl groups is 1. The molecule has 122 valence electrons. The van der Waals surface area contributed by atoms with Crippen LogP contribution >= 0.6 is 0 Å². The number of hydrogen-bond acceptors (Lipinski definition) is 4. The molecule has 2 heterocycles. The minimum Gasteiger partial charge on any atom is -0.504 e. The number of carbonyl (C=O) groups is 1. The van der Waals surface area contributed by atoms with E-state index in [-0.39, 0.29) is 17.6 Å². The smallest absolute Gasteiger partial charge is 0.225 e. The van der Waals surface area contributed by atoms with Crippen molar-refractivity contribution in [2.24, 2.45) is 0 Å². The number of amides is 1. The number of methoxy groups -OCH3 is 1. The third-order valence-electron chi connectivity index (χ3n) is 4.18. The van der Waals surface area contributed by atoms with E-state index < -0.39 is 0 Å². The summed E-state index contributed by atoms with van der Waals surface area (Å²) in [6, 6.07) is 3.31. The van der Waals surface area contributed by atoms with Crippen molar-refractivity contribution in [3.63, 3.8) is 0 Å². The number of ether oxygens (including phenoxy) is 1. The Morgan fingerprint density at radius 3 is 3.00 bits per heavy atom. The number of aromatic nitrogens is 2. The number of imidazole rings is 1. The number of benzene rings is 1. The quantitative estimate of drug-likeness (QED) is 0.791. The first-order chi connectivity index (χ1) is 11.1. The van der Waals surface area contributed by atoms with Crippen molar-refractivity contribution < 1.29 is 14.6 Å². The molecule has 0 radical (unpaired) electrons. The second kappa shape index (κ2) is 6.32. The number of phenolic OH excluding ortho intramolecular Hbond substituents is 1. The van der Waals surface area contributed by atoms with Crippen molar-refractivity contribution in [1.29, 1.82) is 0 Å². The van der Waals surface area contributed by atoms with Crippen LogP contribution in [-0.2, 0) is 11.2 Å². The number of aryl methyl sites for hydroxylation is 1. The van der Waals surface area contributed by atoms with E-state index in [0.29, 0.717) is 17.9 Å². The molecule has 1 aliphatic rings. The van der Waals surface area contributed by atoms with Gasteiger partial charge in [-0.15, -0.1) is 0 Å². The van der Waals surface area contributed by atoms with Crippen molar-refractivity contribution >= 4 is 11.6 Å². The van der Waals surface area contributed by atoms with Crippen molar-refractivity contribution in [3.8, 4) is 11.5 Å². The summed E-state index contributed by atoms with van der Waals surface area (Å²) in [6.07, 6.45) is 5.24. The van der Waals surface area contributed by atoms with Crippen LogP contribution in [0.5, 0.6) is 11.5 Å². The van der Waals surface area contributed by atoms with Gasteiger partial charge in [0.25, 0.3) is 0 Å². The van der Waals surface area contributed by atoms with Gasteiger partial charge in [0, 0.05) is 42.4 Å². The van der Waals surface area contributed by atoms with Crippen LogP contribution in [0.2, 0.25) is 0 Å². The first-order valence-corrected chi connectivity index (χ1v) is 7.87. The molecule has 2 aromatic rings. The highest BCUT2D eigenvalue weighted by Gasteiger charge is 2.29. The number of nitrogens with one attached hydrogen (secondary N) is 2. The van der Waals surface area contributed by atoms with Gasteiger partial charge in [0.2, 0.25) is 5.91 Å². The number of unbranched alkanes of at least 4 members (excludes halogenated alkanes) is 1. The first-order valence-electron chi connectivity index (χ1n) is 7.87. The number of anilines is 1. The molecule has 0 unspecified atom stereocenters. The van der Waals surface area contributed by atoms with Gasteiger partial charge in [-0.3, -0.25) is 4.79 Å². The average Bonchev–Trinajstić information content (AvgIpc) is 3.00. The molecule has 6 heteroatoms. The summed E-state index contributed by atoms with van der Waals surface area (Å²) in [6.45, 7) is 2.14. The summed E-state index contributed by atoms with van der Waals surface area (Å²) in [7, 11) is 1.51. The Morgan fingerprint density at radius 1 is 1.43 bits per heavy atom.